The van der Waals surface area contributed by atoms with Gasteiger partial charge in [-0.05, 0) is 30.3 Å². The summed E-state index contributed by atoms with van der Waals surface area (Å²) in [6.45, 7) is 1.20. The van der Waals surface area contributed by atoms with Gasteiger partial charge in [-0.2, -0.15) is 5.10 Å². The van der Waals surface area contributed by atoms with Gasteiger partial charge in [0.15, 0.2) is 0 Å². The number of nitrogens with one attached hydrogen (secondary N) is 1. The number of amides is 1. The van der Waals surface area contributed by atoms with Crippen LogP contribution in [-0.2, 0) is 4.79 Å². The number of carbonyl (C=O) groups is 1. The molecular formula is C23H21N5O2. The summed E-state index contributed by atoms with van der Waals surface area (Å²) in [5, 5.41) is 8.17. The number of carbonyl (C=O) groups excluding carboxylic acids is 1. The van der Waals surface area contributed by atoms with Crippen LogP contribution in [0.25, 0.3) is 22.0 Å². The fourth-order valence-electron chi connectivity index (χ4n) is 3.35. The summed E-state index contributed by atoms with van der Waals surface area (Å²) in [6.07, 6.45) is 4.36. The summed E-state index contributed by atoms with van der Waals surface area (Å²) in [5.74, 6) is 0. The molecule has 0 saturated carbocycles. The summed E-state index contributed by atoms with van der Waals surface area (Å²) in [4.78, 5) is 31.5. The Kier molecular flexibility index (Phi) is 5.52. The fourth-order valence-corrected chi connectivity index (χ4v) is 3.35. The van der Waals surface area contributed by atoms with Crippen LogP contribution in [0.1, 0.15) is 0 Å². The number of benzene rings is 2. The fraction of sp³-hybridized carbons (Fsp3) is 0.130. The second kappa shape index (κ2) is 8.57. The number of pyridine rings is 1. The number of rotatable bonds is 7. The monoisotopic (exact) mass is 399 g/mol. The molecule has 1 N–H and O–H groups in total. The highest BCUT2D eigenvalue weighted by Gasteiger charge is 2.11. The van der Waals surface area contributed by atoms with E-state index in [1.54, 1.807) is 23.4 Å². The van der Waals surface area contributed by atoms with E-state index in [0.29, 0.717) is 24.2 Å². The van der Waals surface area contributed by atoms with Crippen LogP contribution in [-0.4, -0.2) is 41.7 Å². The summed E-state index contributed by atoms with van der Waals surface area (Å²) in [7, 11) is 1.97. The van der Waals surface area contributed by atoms with E-state index in [0.717, 1.165) is 28.7 Å². The number of H-pyrrole nitrogens is 1. The standard InChI is InChI=1S/C23H21N5O2/c1-27(19-5-4-12-24-15-19)13-14-28(16-29)18-10-8-17(9-11-18)22-20-6-2-3-7-21(20)23(30)26-25-22/h2-12,15-16H,13-14H2,1H3,(H,26,30). The van der Waals surface area contributed by atoms with E-state index in [1.165, 1.54) is 0 Å². The van der Waals surface area contributed by atoms with Crippen molar-refractivity contribution in [1.29, 1.82) is 0 Å². The van der Waals surface area contributed by atoms with E-state index in [-0.39, 0.29) is 5.56 Å². The van der Waals surface area contributed by atoms with Crippen LogP contribution in [0.2, 0.25) is 0 Å². The Hall–Kier alpha value is -4.00. The quantitative estimate of drug-likeness (QED) is 0.483. The van der Waals surface area contributed by atoms with Gasteiger partial charge in [0, 0.05) is 43.0 Å². The summed E-state index contributed by atoms with van der Waals surface area (Å²) in [6, 6.07) is 18.8. The average Bonchev–Trinajstić information content (AvgIpc) is 2.81. The molecule has 0 bridgehead atoms. The molecule has 30 heavy (non-hydrogen) atoms. The third kappa shape index (κ3) is 3.91. The van der Waals surface area contributed by atoms with Gasteiger partial charge in [-0.15, -0.1) is 0 Å². The van der Waals surface area contributed by atoms with Crippen molar-refractivity contribution in [3.05, 3.63) is 83.4 Å². The van der Waals surface area contributed by atoms with E-state index in [1.807, 2.05) is 66.5 Å². The molecule has 1 amide bonds. The molecule has 2 aromatic heterocycles. The van der Waals surface area contributed by atoms with E-state index in [2.05, 4.69) is 15.2 Å². The van der Waals surface area contributed by atoms with Crippen LogP contribution >= 0.6 is 0 Å². The number of fused-ring (bicyclic) bond motifs is 1. The molecule has 150 valence electrons. The minimum absolute atomic E-state index is 0.212. The van der Waals surface area contributed by atoms with Gasteiger partial charge < -0.3 is 9.80 Å². The van der Waals surface area contributed by atoms with Crippen molar-refractivity contribution in [3.8, 4) is 11.3 Å². The van der Waals surface area contributed by atoms with E-state index >= 15 is 0 Å². The number of anilines is 2. The van der Waals surface area contributed by atoms with Gasteiger partial charge in [-0.1, -0.05) is 30.3 Å². The average molecular weight is 399 g/mol. The SMILES string of the molecule is CN(CCN(C=O)c1ccc(-c2n[nH]c(=O)c3ccccc23)cc1)c1cccnc1. The molecule has 7 heteroatoms. The molecule has 2 heterocycles. The molecule has 4 rings (SSSR count). The predicted octanol–water partition coefficient (Wildman–Crippen LogP) is 3.08. The van der Waals surface area contributed by atoms with Crippen molar-refractivity contribution >= 4 is 28.6 Å². The molecule has 0 aliphatic rings. The van der Waals surface area contributed by atoms with Crippen molar-refractivity contribution in [2.45, 2.75) is 0 Å². The minimum Gasteiger partial charge on any atom is -0.372 e. The third-order valence-corrected chi connectivity index (χ3v) is 5.06. The Balaban J connectivity index is 1.53. The Morgan fingerprint density at radius 1 is 0.933 bits per heavy atom. The van der Waals surface area contributed by atoms with Crippen LogP contribution in [0.4, 0.5) is 11.4 Å². The lowest BCUT2D eigenvalue weighted by atomic mass is 10.0. The topological polar surface area (TPSA) is 82.2 Å². The van der Waals surface area contributed by atoms with Gasteiger partial charge in [-0.25, -0.2) is 5.10 Å². The van der Waals surface area contributed by atoms with Crippen LogP contribution in [0.3, 0.4) is 0 Å². The molecule has 0 unspecified atom stereocenters. The smallest absolute Gasteiger partial charge is 0.272 e. The van der Waals surface area contributed by atoms with Gasteiger partial charge in [0.1, 0.15) is 0 Å². The zero-order valence-electron chi connectivity index (χ0n) is 16.5. The van der Waals surface area contributed by atoms with E-state index in [9.17, 15) is 9.59 Å². The lowest BCUT2D eigenvalue weighted by Gasteiger charge is -2.23. The molecule has 2 aromatic carbocycles. The number of hydrogen-bond acceptors (Lipinski definition) is 5. The molecule has 0 radical (unpaired) electrons. The van der Waals surface area contributed by atoms with E-state index in [4.69, 9.17) is 0 Å². The summed E-state index contributed by atoms with van der Waals surface area (Å²) >= 11 is 0. The molecule has 0 fully saturated rings. The minimum atomic E-state index is -0.212. The molecular weight excluding hydrogens is 378 g/mol. The largest absolute Gasteiger partial charge is 0.372 e. The Morgan fingerprint density at radius 2 is 1.70 bits per heavy atom. The number of aromatic amines is 1. The van der Waals surface area contributed by atoms with Crippen LogP contribution in [0.5, 0.6) is 0 Å². The number of aromatic nitrogens is 3. The molecule has 7 nitrogen and oxygen atoms in total. The number of hydrogen-bond donors (Lipinski definition) is 1. The van der Waals surface area contributed by atoms with Crippen LogP contribution < -0.4 is 15.4 Å². The molecule has 0 aliphatic heterocycles. The first-order chi connectivity index (χ1) is 14.7. The predicted molar refractivity (Wildman–Crippen MR) is 119 cm³/mol. The third-order valence-electron chi connectivity index (χ3n) is 5.06. The maximum Gasteiger partial charge on any atom is 0.272 e. The Labute approximate surface area is 173 Å². The summed E-state index contributed by atoms with van der Waals surface area (Å²) < 4.78 is 0. The molecule has 0 atom stereocenters. The zero-order chi connectivity index (χ0) is 20.9. The highest BCUT2D eigenvalue weighted by molar-refractivity contribution is 5.94. The lowest BCUT2D eigenvalue weighted by Crippen LogP contribution is -2.32. The van der Waals surface area contributed by atoms with Gasteiger partial charge in [0.05, 0.1) is 23.0 Å². The van der Waals surface area contributed by atoms with Crippen molar-refractivity contribution < 1.29 is 4.79 Å². The maximum absolute atomic E-state index is 12.0. The molecule has 0 saturated heterocycles. The van der Waals surface area contributed by atoms with Gasteiger partial charge >= 0.3 is 0 Å². The number of likely N-dealkylation sites (N-methyl/N-ethyl adjacent to an activating group) is 1. The normalized spacial score (nSPS) is 10.7. The molecule has 4 aromatic rings. The Bertz CT molecular complexity index is 1210. The first kappa shape index (κ1) is 19.3. The highest BCUT2D eigenvalue weighted by Crippen LogP contribution is 2.26. The van der Waals surface area contributed by atoms with Crippen LogP contribution in [0.15, 0.2) is 77.9 Å². The van der Waals surface area contributed by atoms with Gasteiger partial charge in [0.25, 0.3) is 5.56 Å². The van der Waals surface area contributed by atoms with Crippen LogP contribution in [0, 0.1) is 0 Å². The lowest BCUT2D eigenvalue weighted by molar-refractivity contribution is -0.107. The first-order valence-corrected chi connectivity index (χ1v) is 9.58. The van der Waals surface area contributed by atoms with Crippen molar-refractivity contribution in [3.63, 3.8) is 0 Å². The second-order valence-electron chi connectivity index (χ2n) is 6.93. The first-order valence-electron chi connectivity index (χ1n) is 9.58. The van der Waals surface area contributed by atoms with Crippen molar-refractivity contribution in [2.24, 2.45) is 0 Å². The highest BCUT2D eigenvalue weighted by atomic mass is 16.1. The van der Waals surface area contributed by atoms with E-state index < -0.39 is 0 Å². The van der Waals surface area contributed by atoms with Gasteiger partial charge in [-0.3, -0.25) is 14.6 Å². The maximum atomic E-state index is 12.0. The zero-order valence-corrected chi connectivity index (χ0v) is 16.5. The number of nitrogens with zero attached hydrogens (tertiary/aromatic N) is 4. The Morgan fingerprint density at radius 3 is 2.40 bits per heavy atom. The van der Waals surface area contributed by atoms with Gasteiger partial charge in [0.2, 0.25) is 6.41 Å². The molecule has 0 aliphatic carbocycles. The summed E-state index contributed by atoms with van der Waals surface area (Å²) in [5.41, 5.74) is 3.14. The second-order valence-corrected chi connectivity index (χ2v) is 6.93. The van der Waals surface area contributed by atoms with Crippen molar-refractivity contribution in [1.82, 2.24) is 15.2 Å². The molecule has 0 spiro atoms. The van der Waals surface area contributed by atoms with Crippen molar-refractivity contribution in [2.75, 3.05) is 29.9 Å².